The first-order chi connectivity index (χ1) is 40.6. The van der Waals surface area contributed by atoms with Crippen molar-refractivity contribution in [2.45, 2.75) is 11.8 Å². The number of hydrogen-bond donors (Lipinski definition) is 0. The third-order valence-electron chi connectivity index (χ3n) is 17.3. The molecule has 0 amide bonds. The Balaban J connectivity index is 0.00000565. The zero-order valence-corrected chi connectivity index (χ0v) is 46.9. The second kappa shape index (κ2) is 19.7. The summed E-state index contributed by atoms with van der Waals surface area (Å²) in [5, 5.41) is 4.26. The van der Waals surface area contributed by atoms with Crippen LogP contribution in [0.4, 0.5) is 0 Å². The van der Waals surface area contributed by atoms with Crippen LogP contribution in [0.2, 0.25) is 0 Å². The molecule has 0 radical (unpaired) electrons. The SMILES string of the molecule is [Ir+3].[c-]1cc2c(cc1-c1ccc(-c3ccccc3-c3cc(-c4ccccc4-c4ccc(-c5[c-]ccc6c5oc5ccccc56)nc4)cc(-c4ccccc4-c4ccc(-c5[c-]ccc6c5oc5ccccc56)nc4)c3)cn1)C1C=CC3C(C=C1)C23. The van der Waals surface area contributed by atoms with Crippen LogP contribution in [0.5, 0.6) is 0 Å². The van der Waals surface area contributed by atoms with Crippen LogP contribution in [0.3, 0.4) is 0 Å². The van der Waals surface area contributed by atoms with Gasteiger partial charge in [0.15, 0.2) is 0 Å². The van der Waals surface area contributed by atoms with Gasteiger partial charge < -0.3 is 23.8 Å². The summed E-state index contributed by atoms with van der Waals surface area (Å²) in [6, 6.07) is 85.3. The fourth-order valence-corrected chi connectivity index (χ4v) is 13.2. The van der Waals surface area contributed by atoms with E-state index >= 15 is 0 Å². The van der Waals surface area contributed by atoms with E-state index in [2.05, 4.69) is 206 Å². The van der Waals surface area contributed by atoms with E-state index in [1.165, 1.54) is 11.1 Å². The number of rotatable bonds is 9. The molecule has 1 saturated carbocycles. The second-order valence-electron chi connectivity index (χ2n) is 21.9. The Hall–Kier alpha value is -9.84. The summed E-state index contributed by atoms with van der Waals surface area (Å²) >= 11 is 0. The average molecular weight is 1240 g/mol. The third kappa shape index (κ3) is 8.20. The molecule has 5 aromatic heterocycles. The van der Waals surface area contributed by atoms with Gasteiger partial charge in [-0.25, -0.2) is 0 Å². The van der Waals surface area contributed by atoms with E-state index in [4.69, 9.17) is 23.8 Å². The maximum atomic E-state index is 6.41. The number of fused-ring (bicyclic) bond motifs is 6. The molecule has 4 bridgehead atoms. The number of pyridine rings is 3. The van der Waals surface area contributed by atoms with Gasteiger partial charge in [-0.05, 0) is 132 Å². The summed E-state index contributed by atoms with van der Waals surface area (Å²) in [5.41, 5.74) is 24.1. The summed E-state index contributed by atoms with van der Waals surface area (Å²) < 4.78 is 12.8. The van der Waals surface area contributed by atoms with Gasteiger partial charge in [-0.3, -0.25) is 0 Å². The van der Waals surface area contributed by atoms with Crippen LogP contribution in [0.1, 0.15) is 23.0 Å². The Bertz CT molecular complexity index is 4710. The molecule has 83 heavy (non-hydrogen) atoms. The predicted molar refractivity (Wildman–Crippen MR) is 331 cm³/mol. The van der Waals surface area contributed by atoms with Crippen molar-refractivity contribution in [2.75, 3.05) is 0 Å². The average Bonchev–Trinajstić information content (AvgIpc) is 3.12. The molecule has 0 N–H and O–H groups in total. The molecule has 14 aromatic rings. The van der Waals surface area contributed by atoms with Gasteiger partial charge in [0.2, 0.25) is 0 Å². The minimum Gasteiger partial charge on any atom is -0.501 e. The number of benzene rings is 9. The van der Waals surface area contributed by atoms with Crippen LogP contribution in [0.25, 0.3) is 144 Å². The number of hydrogen-bond acceptors (Lipinski definition) is 5. The Morgan fingerprint density at radius 3 is 1.19 bits per heavy atom. The van der Waals surface area contributed by atoms with Crippen molar-refractivity contribution in [3.63, 3.8) is 0 Å². The fraction of sp³-hybridized carbons (Fsp3) is 0.0519. The predicted octanol–water partition coefficient (Wildman–Crippen LogP) is 19.6. The number of aromatic nitrogens is 3. The van der Waals surface area contributed by atoms with Crippen LogP contribution in [-0.4, -0.2) is 15.0 Å². The van der Waals surface area contributed by atoms with Crippen LogP contribution in [0.15, 0.2) is 264 Å². The molecule has 2 atom stereocenters. The van der Waals surface area contributed by atoms with Crippen LogP contribution in [-0.2, 0) is 20.1 Å². The monoisotopic (exact) mass is 1240 g/mol. The summed E-state index contributed by atoms with van der Waals surface area (Å²) in [4.78, 5) is 15.3. The quantitative estimate of drug-likeness (QED) is 0.106. The van der Waals surface area contributed by atoms with Crippen molar-refractivity contribution in [3.8, 4) is 101 Å². The molecule has 0 spiro atoms. The van der Waals surface area contributed by atoms with Gasteiger partial charge in [0.25, 0.3) is 0 Å². The van der Waals surface area contributed by atoms with Gasteiger partial charge in [-0.1, -0.05) is 192 Å². The van der Waals surface area contributed by atoms with E-state index < -0.39 is 0 Å². The maximum absolute atomic E-state index is 6.41. The Kier molecular flexibility index (Phi) is 11.6. The van der Waals surface area contributed by atoms with E-state index in [1.807, 2.05) is 67.1 Å². The third-order valence-corrected chi connectivity index (χ3v) is 17.3. The minimum atomic E-state index is 0. The molecule has 9 aromatic carbocycles. The van der Waals surface area contributed by atoms with E-state index in [0.717, 1.165) is 144 Å². The Morgan fingerprint density at radius 2 is 0.759 bits per heavy atom. The molecule has 1 fully saturated rings. The first-order valence-corrected chi connectivity index (χ1v) is 28.0. The first-order valence-electron chi connectivity index (χ1n) is 28.0. The first kappa shape index (κ1) is 49.0. The Labute approximate surface area is 493 Å². The molecule has 4 aliphatic carbocycles. The van der Waals surface area contributed by atoms with Crippen LogP contribution >= 0.6 is 0 Å². The van der Waals surface area contributed by atoms with Gasteiger partial charge >= 0.3 is 20.1 Å². The zero-order chi connectivity index (χ0) is 53.8. The second-order valence-corrected chi connectivity index (χ2v) is 21.9. The summed E-state index contributed by atoms with van der Waals surface area (Å²) in [5.74, 6) is 2.12. The molecule has 390 valence electrons. The summed E-state index contributed by atoms with van der Waals surface area (Å²) in [6.45, 7) is 0. The van der Waals surface area contributed by atoms with E-state index in [9.17, 15) is 0 Å². The molecular formula is C77H46IrN3O2. The maximum Gasteiger partial charge on any atom is 3.00 e. The minimum absolute atomic E-state index is 0. The van der Waals surface area contributed by atoms with Crippen molar-refractivity contribution in [3.05, 3.63) is 285 Å². The molecule has 0 saturated heterocycles. The van der Waals surface area contributed by atoms with Gasteiger partial charge in [0.1, 0.15) is 11.2 Å². The van der Waals surface area contributed by atoms with Gasteiger partial charge in [0.05, 0.1) is 11.2 Å². The largest absolute Gasteiger partial charge is 3.00 e. The van der Waals surface area contributed by atoms with Gasteiger partial charge in [0, 0.05) is 35.3 Å². The molecule has 4 aliphatic rings. The van der Waals surface area contributed by atoms with Crippen molar-refractivity contribution >= 4 is 43.9 Å². The van der Waals surface area contributed by atoms with Crippen molar-refractivity contribution in [1.82, 2.24) is 15.0 Å². The Morgan fingerprint density at radius 1 is 0.349 bits per heavy atom. The number of para-hydroxylation sites is 2. The van der Waals surface area contributed by atoms with Gasteiger partial charge in [-0.2, -0.15) is 0 Å². The standard InChI is InChI=1S/C77H46N3O2.Ir/c1-4-16-57(54(13-1)48-30-36-70(78-43-48)47-29-35-64-69(42-47)46-27-33-62-63(34-28-46)75(62)64)51-39-52(58-17-5-2-14-55(58)49-31-37-71(79-44-49)67-23-11-21-65-60-19-7-9-25-73(60)81-76(65)67)41-53(40-51)59-18-6-3-15-56(59)50-32-38-72(80-45-50)68-24-12-22-66-61-20-8-10-26-74(61)82-77(66)68;/h1-22,25-28,30-46,62-63,75H;/q-3;+3. The van der Waals surface area contributed by atoms with Gasteiger partial charge in [-0.15, -0.1) is 71.3 Å². The zero-order valence-electron chi connectivity index (χ0n) is 44.5. The van der Waals surface area contributed by atoms with E-state index in [1.54, 1.807) is 0 Å². The number of allylic oxidation sites excluding steroid dienone is 4. The number of nitrogens with zero attached hydrogens (tertiary/aromatic N) is 3. The molecule has 18 rings (SSSR count). The summed E-state index contributed by atoms with van der Waals surface area (Å²) in [6.07, 6.45) is 15.6. The topological polar surface area (TPSA) is 65.0 Å². The molecular weight excluding hydrogens is 1190 g/mol. The normalized spacial score (nSPS) is 16.5. The summed E-state index contributed by atoms with van der Waals surface area (Å²) in [7, 11) is 0. The van der Waals surface area contributed by atoms with E-state index in [-0.39, 0.29) is 20.1 Å². The molecule has 2 unspecified atom stereocenters. The van der Waals surface area contributed by atoms with Crippen molar-refractivity contribution < 1.29 is 28.9 Å². The number of furan rings is 2. The molecule has 6 heteroatoms. The smallest absolute Gasteiger partial charge is 0.501 e. The molecule has 5 nitrogen and oxygen atoms in total. The van der Waals surface area contributed by atoms with Crippen molar-refractivity contribution in [2.24, 2.45) is 11.8 Å². The van der Waals surface area contributed by atoms with Crippen LogP contribution < -0.4 is 0 Å². The fourth-order valence-electron chi connectivity index (χ4n) is 13.2. The van der Waals surface area contributed by atoms with Crippen LogP contribution in [0, 0.1) is 30.0 Å². The van der Waals surface area contributed by atoms with Crippen molar-refractivity contribution in [1.29, 1.82) is 0 Å². The molecule has 5 heterocycles. The van der Waals surface area contributed by atoms with E-state index in [0.29, 0.717) is 23.7 Å². The molecule has 0 aliphatic heterocycles.